The third-order valence-electron chi connectivity index (χ3n) is 6.22. The SMILES string of the molecule is Cn1c(N2CC3CN(C4=NS(=O)(=O)c5ccccc54)CC3C2)cc(=O)n(C)c1=O. The maximum absolute atomic E-state index is 12.3. The lowest BCUT2D eigenvalue weighted by Crippen LogP contribution is -2.40. The number of hydrogen-bond donors (Lipinski definition) is 0. The van der Waals surface area contributed by atoms with Crippen LogP contribution in [0.2, 0.25) is 0 Å². The number of likely N-dealkylation sites (tertiary alicyclic amines) is 1. The number of hydrogen-bond acceptors (Lipinski definition) is 6. The summed E-state index contributed by atoms with van der Waals surface area (Å²) in [4.78, 5) is 28.7. The van der Waals surface area contributed by atoms with E-state index in [0.29, 0.717) is 55.2 Å². The van der Waals surface area contributed by atoms with E-state index in [1.54, 1.807) is 25.2 Å². The predicted molar refractivity (Wildman–Crippen MR) is 108 cm³/mol. The molecule has 0 amide bonds. The second kappa shape index (κ2) is 6.06. The molecule has 5 rings (SSSR count). The lowest BCUT2D eigenvalue weighted by Gasteiger charge is -2.25. The summed E-state index contributed by atoms with van der Waals surface area (Å²) in [7, 11) is -0.483. The Bertz CT molecular complexity index is 1260. The summed E-state index contributed by atoms with van der Waals surface area (Å²) in [5, 5.41) is 0. The average molecular weight is 415 g/mol. The summed E-state index contributed by atoms with van der Waals surface area (Å²) >= 11 is 0. The van der Waals surface area contributed by atoms with Crippen LogP contribution in [-0.4, -0.2) is 54.5 Å². The first-order valence-electron chi connectivity index (χ1n) is 9.47. The van der Waals surface area contributed by atoms with Crippen LogP contribution in [0.3, 0.4) is 0 Å². The third kappa shape index (κ3) is 2.65. The van der Waals surface area contributed by atoms with Crippen molar-refractivity contribution in [2.45, 2.75) is 4.90 Å². The molecule has 0 aliphatic carbocycles. The molecule has 4 heterocycles. The van der Waals surface area contributed by atoms with Crippen molar-refractivity contribution in [3.8, 4) is 0 Å². The lowest BCUT2D eigenvalue weighted by atomic mass is 10.0. The second-order valence-corrected chi connectivity index (χ2v) is 9.53. The number of amidine groups is 1. The number of anilines is 1. The fraction of sp³-hybridized carbons (Fsp3) is 0.421. The molecule has 2 atom stereocenters. The fourth-order valence-corrected chi connectivity index (χ4v) is 5.92. The van der Waals surface area contributed by atoms with Gasteiger partial charge < -0.3 is 9.80 Å². The quantitative estimate of drug-likeness (QED) is 0.629. The van der Waals surface area contributed by atoms with Gasteiger partial charge in [0.2, 0.25) is 0 Å². The van der Waals surface area contributed by atoms with E-state index in [2.05, 4.69) is 14.2 Å². The van der Waals surface area contributed by atoms with Crippen molar-refractivity contribution in [2.75, 3.05) is 31.1 Å². The number of nitrogens with zero attached hydrogens (tertiary/aromatic N) is 5. The van der Waals surface area contributed by atoms with Crippen molar-refractivity contribution < 1.29 is 8.42 Å². The molecule has 3 aliphatic heterocycles. The minimum Gasteiger partial charge on any atom is -0.357 e. The maximum Gasteiger partial charge on any atom is 0.332 e. The molecule has 2 fully saturated rings. The zero-order valence-corrected chi connectivity index (χ0v) is 17.0. The van der Waals surface area contributed by atoms with Crippen LogP contribution >= 0.6 is 0 Å². The third-order valence-corrected chi connectivity index (χ3v) is 7.55. The number of aromatic nitrogens is 2. The van der Waals surface area contributed by atoms with Crippen LogP contribution in [0.15, 0.2) is 49.2 Å². The highest BCUT2D eigenvalue weighted by molar-refractivity contribution is 7.90. The van der Waals surface area contributed by atoms with Crippen molar-refractivity contribution in [1.29, 1.82) is 0 Å². The molecule has 0 bridgehead atoms. The topological polar surface area (TPSA) is 97.0 Å². The van der Waals surface area contributed by atoms with E-state index in [1.807, 2.05) is 6.07 Å². The van der Waals surface area contributed by atoms with E-state index in [-0.39, 0.29) is 16.1 Å². The Morgan fingerprint density at radius 1 is 0.931 bits per heavy atom. The van der Waals surface area contributed by atoms with Crippen molar-refractivity contribution in [1.82, 2.24) is 14.0 Å². The Hall–Kier alpha value is -2.88. The van der Waals surface area contributed by atoms with Gasteiger partial charge in [0.1, 0.15) is 10.7 Å². The smallest absolute Gasteiger partial charge is 0.332 e. The number of benzene rings is 1. The summed E-state index contributed by atoms with van der Waals surface area (Å²) in [5.41, 5.74) is 0.00973. The normalized spacial score (nSPS) is 24.6. The summed E-state index contributed by atoms with van der Waals surface area (Å²) < 4.78 is 31.3. The van der Waals surface area contributed by atoms with Crippen LogP contribution in [0.5, 0.6) is 0 Å². The first kappa shape index (κ1) is 18.2. The van der Waals surface area contributed by atoms with Gasteiger partial charge in [0, 0.05) is 63.7 Å². The van der Waals surface area contributed by atoms with Gasteiger partial charge in [-0.2, -0.15) is 8.42 Å². The van der Waals surface area contributed by atoms with Crippen LogP contribution in [-0.2, 0) is 24.1 Å². The summed E-state index contributed by atoms with van der Waals surface area (Å²) in [5.74, 6) is 1.78. The first-order valence-corrected chi connectivity index (χ1v) is 10.9. The molecule has 10 heteroatoms. The molecule has 2 unspecified atom stereocenters. The van der Waals surface area contributed by atoms with E-state index < -0.39 is 10.0 Å². The zero-order valence-electron chi connectivity index (χ0n) is 16.1. The Morgan fingerprint density at radius 2 is 1.55 bits per heavy atom. The summed E-state index contributed by atoms with van der Waals surface area (Å²) in [6, 6.07) is 8.43. The van der Waals surface area contributed by atoms with Crippen molar-refractivity contribution in [3.05, 3.63) is 56.7 Å². The molecule has 0 saturated carbocycles. The molecule has 1 aromatic carbocycles. The number of sulfonamides is 1. The molecule has 0 N–H and O–H groups in total. The molecule has 2 saturated heterocycles. The van der Waals surface area contributed by atoms with E-state index in [4.69, 9.17) is 0 Å². The molecule has 3 aliphatic rings. The molecular formula is C19H21N5O4S. The van der Waals surface area contributed by atoms with Crippen molar-refractivity contribution >= 4 is 21.7 Å². The zero-order chi connectivity index (χ0) is 20.5. The van der Waals surface area contributed by atoms with Crippen LogP contribution in [0.25, 0.3) is 0 Å². The van der Waals surface area contributed by atoms with Crippen LogP contribution < -0.4 is 16.1 Å². The predicted octanol–water partition coefficient (Wildman–Crippen LogP) is -0.399. The van der Waals surface area contributed by atoms with Crippen molar-refractivity contribution in [3.63, 3.8) is 0 Å². The van der Waals surface area contributed by atoms with Crippen LogP contribution in [0.4, 0.5) is 5.82 Å². The van der Waals surface area contributed by atoms with E-state index in [9.17, 15) is 18.0 Å². The lowest BCUT2D eigenvalue weighted by molar-refractivity contribution is 0.477. The average Bonchev–Trinajstić information content (AvgIpc) is 3.33. The molecule has 0 radical (unpaired) electrons. The van der Waals surface area contributed by atoms with Gasteiger partial charge in [-0.05, 0) is 12.1 Å². The van der Waals surface area contributed by atoms with Gasteiger partial charge in [-0.15, -0.1) is 4.40 Å². The molecule has 9 nitrogen and oxygen atoms in total. The van der Waals surface area contributed by atoms with Gasteiger partial charge >= 0.3 is 5.69 Å². The molecular weight excluding hydrogens is 394 g/mol. The Kier molecular flexibility index (Phi) is 3.79. The van der Waals surface area contributed by atoms with Gasteiger partial charge in [-0.3, -0.25) is 13.9 Å². The molecule has 152 valence electrons. The van der Waals surface area contributed by atoms with Gasteiger partial charge in [0.25, 0.3) is 15.6 Å². The van der Waals surface area contributed by atoms with Gasteiger partial charge in [-0.25, -0.2) is 4.79 Å². The maximum atomic E-state index is 12.3. The monoisotopic (exact) mass is 415 g/mol. The number of fused-ring (bicyclic) bond motifs is 2. The van der Waals surface area contributed by atoms with E-state index in [1.165, 1.54) is 17.7 Å². The Labute approximate surface area is 167 Å². The van der Waals surface area contributed by atoms with Crippen LogP contribution in [0.1, 0.15) is 5.56 Å². The standard InChI is InChI=1S/C19H21N5O4S/c1-21-16(7-17(25)22(2)19(21)26)23-8-12-10-24(11-13(12)9-23)18-14-5-3-4-6-15(14)29(27,28)20-18/h3-7,12-13H,8-11H2,1-2H3. The molecule has 1 aromatic heterocycles. The van der Waals surface area contributed by atoms with Gasteiger partial charge in [-0.1, -0.05) is 12.1 Å². The van der Waals surface area contributed by atoms with Gasteiger partial charge in [0.15, 0.2) is 5.84 Å². The highest BCUT2D eigenvalue weighted by atomic mass is 32.2. The highest BCUT2D eigenvalue weighted by Gasteiger charge is 2.44. The van der Waals surface area contributed by atoms with E-state index >= 15 is 0 Å². The minimum absolute atomic E-state index is 0.267. The fourth-order valence-electron chi connectivity index (χ4n) is 4.69. The van der Waals surface area contributed by atoms with Crippen LogP contribution in [0, 0.1) is 11.8 Å². The Balaban J connectivity index is 1.39. The van der Waals surface area contributed by atoms with Gasteiger partial charge in [0.05, 0.1) is 0 Å². The molecule has 2 aromatic rings. The molecule has 0 spiro atoms. The largest absolute Gasteiger partial charge is 0.357 e. The van der Waals surface area contributed by atoms with Crippen molar-refractivity contribution in [2.24, 2.45) is 30.3 Å². The highest BCUT2D eigenvalue weighted by Crippen LogP contribution is 2.36. The molecule has 29 heavy (non-hydrogen) atoms. The first-order chi connectivity index (χ1) is 13.8. The minimum atomic E-state index is -3.63. The summed E-state index contributed by atoms with van der Waals surface area (Å²) in [6.07, 6.45) is 0. The second-order valence-electron chi connectivity index (χ2n) is 7.96. The number of rotatable bonds is 1. The van der Waals surface area contributed by atoms with E-state index in [0.717, 1.165) is 4.57 Å². The summed E-state index contributed by atoms with van der Waals surface area (Å²) in [6.45, 7) is 2.82. The Morgan fingerprint density at radius 3 is 2.24 bits per heavy atom.